The Morgan fingerprint density at radius 3 is 0.506 bits per heavy atom. The Bertz CT molecular complexity index is 1190. The first-order valence-corrected chi connectivity index (χ1v) is 36.5. The number of esters is 3. The molecule has 0 aromatic carbocycles. The van der Waals surface area contributed by atoms with Crippen LogP contribution in [-0.2, 0) is 28.6 Å². The monoisotopic (exact) mass is 1120 g/mol. The van der Waals surface area contributed by atoms with Gasteiger partial charge >= 0.3 is 17.9 Å². The molecule has 0 saturated carbocycles. The molecule has 0 heterocycles. The maximum Gasteiger partial charge on any atom is 0.306 e. The predicted octanol–water partition coefficient (Wildman–Crippen LogP) is 25.0. The molecule has 79 heavy (non-hydrogen) atoms. The molecule has 0 bridgehead atoms. The lowest BCUT2D eigenvalue weighted by Gasteiger charge is -2.18. The van der Waals surface area contributed by atoms with Gasteiger partial charge in [0.1, 0.15) is 13.2 Å². The van der Waals surface area contributed by atoms with Crippen LogP contribution in [0.25, 0.3) is 0 Å². The molecule has 1 atom stereocenters. The van der Waals surface area contributed by atoms with Gasteiger partial charge in [0.25, 0.3) is 0 Å². The molecule has 0 N–H and O–H groups in total. The molecule has 0 amide bonds. The van der Waals surface area contributed by atoms with E-state index < -0.39 is 6.10 Å². The van der Waals surface area contributed by atoms with Gasteiger partial charge in [-0.3, -0.25) is 14.4 Å². The third-order valence-electron chi connectivity index (χ3n) is 17.1. The lowest BCUT2D eigenvalue weighted by Crippen LogP contribution is -2.30. The van der Waals surface area contributed by atoms with Crippen molar-refractivity contribution < 1.29 is 28.6 Å². The summed E-state index contributed by atoms with van der Waals surface area (Å²) >= 11 is 0. The SMILES string of the molecule is CCCCCCCCCCCCCCCCCCCCCCCCCCCCCCCCCC(=O)OCC(COC(=O)CCCCCCCCCC)OC(=O)CCCCCCCCCCCCCCCCCCCCCCCC. The number of carbonyl (C=O) groups excluding carboxylic acids is 3. The van der Waals surface area contributed by atoms with Gasteiger partial charge in [-0.05, 0) is 19.3 Å². The second-order valence-corrected chi connectivity index (χ2v) is 25.2. The van der Waals surface area contributed by atoms with E-state index >= 15 is 0 Å². The highest BCUT2D eigenvalue weighted by Crippen LogP contribution is 2.20. The summed E-state index contributed by atoms with van der Waals surface area (Å²) in [6.45, 7) is 6.71. The molecule has 0 aliphatic rings. The maximum absolute atomic E-state index is 12.9. The Morgan fingerprint density at radius 1 is 0.203 bits per heavy atom. The average Bonchev–Trinajstić information content (AvgIpc) is 3.45. The first-order chi connectivity index (χ1) is 39.0. The fourth-order valence-electron chi connectivity index (χ4n) is 11.6. The van der Waals surface area contributed by atoms with Crippen LogP contribution in [0.3, 0.4) is 0 Å². The fourth-order valence-corrected chi connectivity index (χ4v) is 11.6. The zero-order valence-corrected chi connectivity index (χ0v) is 54.2. The normalized spacial score (nSPS) is 11.9. The number of rotatable bonds is 69. The van der Waals surface area contributed by atoms with Crippen molar-refractivity contribution in [3.8, 4) is 0 Å². The summed E-state index contributed by atoms with van der Waals surface area (Å²) in [5.74, 6) is -0.829. The van der Waals surface area contributed by atoms with Gasteiger partial charge in [-0.1, -0.05) is 393 Å². The highest BCUT2D eigenvalue weighted by Gasteiger charge is 2.20. The Labute approximate surface area is 495 Å². The minimum absolute atomic E-state index is 0.0609. The molecule has 0 aromatic heterocycles. The molecular weight excluding hydrogens is 973 g/mol. The summed E-state index contributed by atoms with van der Waals surface area (Å²) in [5.41, 5.74) is 0. The zero-order chi connectivity index (χ0) is 57.1. The summed E-state index contributed by atoms with van der Waals surface area (Å²) in [6, 6.07) is 0. The number of unbranched alkanes of at least 4 members (excludes halogenated alkanes) is 58. The second-order valence-electron chi connectivity index (χ2n) is 25.2. The smallest absolute Gasteiger partial charge is 0.306 e. The number of ether oxygens (including phenoxy) is 3. The summed E-state index contributed by atoms with van der Waals surface area (Å²) in [5, 5.41) is 0. The number of hydrogen-bond acceptors (Lipinski definition) is 6. The third-order valence-corrected chi connectivity index (χ3v) is 17.1. The Kier molecular flexibility index (Phi) is 67.5. The Hall–Kier alpha value is -1.59. The molecule has 1 unspecified atom stereocenters. The third kappa shape index (κ3) is 67.1. The van der Waals surface area contributed by atoms with Gasteiger partial charge < -0.3 is 14.2 Å². The van der Waals surface area contributed by atoms with Crippen LogP contribution >= 0.6 is 0 Å². The van der Waals surface area contributed by atoms with Crippen molar-refractivity contribution in [1.29, 1.82) is 0 Å². The molecule has 0 saturated heterocycles. The summed E-state index contributed by atoms with van der Waals surface area (Å²) in [7, 11) is 0. The van der Waals surface area contributed by atoms with Crippen LogP contribution < -0.4 is 0 Å². The molecule has 470 valence electrons. The van der Waals surface area contributed by atoms with Gasteiger partial charge in [-0.25, -0.2) is 0 Å². The van der Waals surface area contributed by atoms with E-state index in [4.69, 9.17) is 14.2 Å². The molecule has 0 rings (SSSR count). The average molecular weight is 1120 g/mol. The largest absolute Gasteiger partial charge is 0.462 e. The van der Waals surface area contributed by atoms with Crippen molar-refractivity contribution in [3.63, 3.8) is 0 Å². The van der Waals surface area contributed by atoms with Crippen LogP contribution in [-0.4, -0.2) is 37.2 Å². The van der Waals surface area contributed by atoms with Crippen LogP contribution in [0.2, 0.25) is 0 Å². The van der Waals surface area contributed by atoms with E-state index in [-0.39, 0.29) is 31.1 Å². The molecule has 0 aliphatic carbocycles. The molecule has 0 aliphatic heterocycles. The minimum atomic E-state index is -0.762. The summed E-state index contributed by atoms with van der Waals surface area (Å²) in [4.78, 5) is 38.2. The van der Waals surface area contributed by atoms with Crippen LogP contribution in [0.15, 0.2) is 0 Å². The highest BCUT2D eigenvalue weighted by molar-refractivity contribution is 5.71. The van der Waals surface area contributed by atoms with Crippen molar-refractivity contribution in [1.82, 2.24) is 0 Å². The quantitative estimate of drug-likeness (QED) is 0.0343. The van der Waals surface area contributed by atoms with Gasteiger partial charge in [-0.2, -0.15) is 0 Å². The molecule has 6 heteroatoms. The van der Waals surface area contributed by atoms with Crippen molar-refractivity contribution in [2.45, 2.75) is 438 Å². The fraction of sp³-hybridized carbons (Fsp3) is 0.959. The molecule has 6 nitrogen and oxygen atoms in total. The van der Waals surface area contributed by atoms with Crippen molar-refractivity contribution >= 4 is 17.9 Å². The summed E-state index contributed by atoms with van der Waals surface area (Å²) in [6.07, 6.45) is 81.8. The molecule has 0 fully saturated rings. The van der Waals surface area contributed by atoms with E-state index in [9.17, 15) is 14.4 Å². The van der Waals surface area contributed by atoms with Crippen molar-refractivity contribution in [2.24, 2.45) is 0 Å². The minimum Gasteiger partial charge on any atom is -0.462 e. The number of hydrogen-bond donors (Lipinski definition) is 0. The Balaban J connectivity index is 3.98. The van der Waals surface area contributed by atoms with Gasteiger partial charge in [0.2, 0.25) is 0 Å². The molecular formula is C73H142O6. The van der Waals surface area contributed by atoms with Crippen LogP contribution in [0.4, 0.5) is 0 Å². The molecule has 0 aromatic rings. The van der Waals surface area contributed by atoms with Crippen molar-refractivity contribution in [3.05, 3.63) is 0 Å². The first kappa shape index (κ1) is 77.4. The highest BCUT2D eigenvalue weighted by atomic mass is 16.6. The molecule has 0 radical (unpaired) electrons. The van der Waals surface area contributed by atoms with E-state index in [2.05, 4.69) is 20.8 Å². The van der Waals surface area contributed by atoms with Gasteiger partial charge in [-0.15, -0.1) is 0 Å². The standard InChI is InChI=1S/C73H142O6/c1-4-7-10-13-16-19-21-23-25-27-29-31-33-34-35-36-37-38-39-40-41-43-44-46-48-50-52-54-57-60-63-66-72(75)78-69-70(68-77-71(74)65-62-59-56-18-15-12-9-6-3)79-73(76)67-64-61-58-55-53-51-49-47-45-42-32-30-28-26-24-22-20-17-14-11-8-5-2/h70H,4-69H2,1-3H3. The van der Waals surface area contributed by atoms with E-state index in [0.717, 1.165) is 57.8 Å². The van der Waals surface area contributed by atoms with E-state index in [1.165, 1.54) is 334 Å². The lowest BCUT2D eigenvalue weighted by atomic mass is 10.0. The van der Waals surface area contributed by atoms with E-state index in [1.807, 2.05) is 0 Å². The van der Waals surface area contributed by atoms with Gasteiger partial charge in [0, 0.05) is 19.3 Å². The topological polar surface area (TPSA) is 78.9 Å². The van der Waals surface area contributed by atoms with E-state index in [0.29, 0.717) is 19.3 Å². The van der Waals surface area contributed by atoms with Crippen LogP contribution in [0.1, 0.15) is 432 Å². The Morgan fingerprint density at radius 2 is 0.342 bits per heavy atom. The number of carbonyl (C=O) groups is 3. The van der Waals surface area contributed by atoms with Gasteiger partial charge in [0.15, 0.2) is 6.10 Å². The summed E-state index contributed by atoms with van der Waals surface area (Å²) < 4.78 is 16.9. The lowest BCUT2D eigenvalue weighted by molar-refractivity contribution is -0.167. The zero-order valence-electron chi connectivity index (χ0n) is 54.2. The predicted molar refractivity (Wildman–Crippen MR) is 344 cm³/mol. The first-order valence-electron chi connectivity index (χ1n) is 36.5. The van der Waals surface area contributed by atoms with Crippen molar-refractivity contribution in [2.75, 3.05) is 13.2 Å². The van der Waals surface area contributed by atoms with E-state index in [1.54, 1.807) is 0 Å². The van der Waals surface area contributed by atoms with Crippen LogP contribution in [0, 0.1) is 0 Å². The van der Waals surface area contributed by atoms with Gasteiger partial charge in [0.05, 0.1) is 0 Å². The second kappa shape index (κ2) is 68.9. The molecule has 0 spiro atoms. The van der Waals surface area contributed by atoms with Crippen LogP contribution in [0.5, 0.6) is 0 Å². The maximum atomic E-state index is 12.9.